The average Bonchev–Trinajstić information content (AvgIpc) is 3.46. The maximum absolute atomic E-state index is 12.6. The molecule has 0 spiro atoms. The molecule has 8 heteroatoms. The van der Waals surface area contributed by atoms with E-state index in [-0.39, 0.29) is 16.8 Å². The van der Waals surface area contributed by atoms with E-state index in [0.29, 0.717) is 18.7 Å². The molecule has 1 heterocycles. The SMILES string of the molecule is Cc1nccn1Cc1cccc(CNC(=O)c2cccc(S(=O)(=O)NC3CC3)c2)c1. The molecule has 0 bridgehead atoms. The van der Waals surface area contributed by atoms with Gasteiger partial charge in [-0.3, -0.25) is 4.79 Å². The summed E-state index contributed by atoms with van der Waals surface area (Å²) in [6.45, 7) is 3.02. The molecule has 30 heavy (non-hydrogen) atoms. The van der Waals surface area contributed by atoms with E-state index in [1.807, 2.05) is 37.4 Å². The highest BCUT2D eigenvalue weighted by Gasteiger charge is 2.28. The van der Waals surface area contributed by atoms with Crippen molar-refractivity contribution >= 4 is 15.9 Å². The summed E-state index contributed by atoms with van der Waals surface area (Å²) in [6.07, 6.45) is 5.43. The molecule has 156 valence electrons. The van der Waals surface area contributed by atoms with Crippen molar-refractivity contribution in [1.29, 1.82) is 0 Å². The number of aryl methyl sites for hydroxylation is 1. The number of amides is 1. The summed E-state index contributed by atoms with van der Waals surface area (Å²) >= 11 is 0. The van der Waals surface area contributed by atoms with Gasteiger partial charge in [-0.15, -0.1) is 0 Å². The van der Waals surface area contributed by atoms with Crippen LogP contribution in [-0.4, -0.2) is 29.9 Å². The van der Waals surface area contributed by atoms with E-state index in [0.717, 1.165) is 29.8 Å². The van der Waals surface area contributed by atoms with Crippen molar-refractivity contribution in [2.45, 2.75) is 43.8 Å². The molecule has 1 saturated carbocycles. The number of nitrogens with zero attached hydrogens (tertiary/aromatic N) is 2. The van der Waals surface area contributed by atoms with E-state index in [9.17, 15) is 13.2 Å². The molecule has 1 aliphatic rings. The number of sulfonamides is 1. The second-order valence-electron chi connectivity index (χ2n) is 7.53. The molecule has 1 amide bonds. The monoisotopic (exact) mass is 424 g/mol. The Morgan fingerprint density at radius 3 is 2.63 bits per heavy atom. The Kier molecular flexibility index (Phi) is 5.69. The molecule has 0 radical (unpaired) electrons. The lowest BCUT2D eigenvalue weighted by atomic mass is 10.1. The molecule has 0 aliphatic heterocycles. The lowest BCUT2D eigenvalue weighted by Crippen LogP contribution is -2.27. The zero-order valence-electron chi connectivity index (χ0n) is 16.7. The second-order valence-corrected chi connectivity index (χ2v) is 9.24. The first-order valence-electron chi connectivity index (χ1n) is 9.87. The summed E-state index contributed by atoms with van der Waals surface area (Å²) in [4.78, 5) is 16.9. The highest BCUT2D eigenvalue weighted by atomic mass is 32.2. The van der Waals surface area contributed by atoms with Crippen LogP contribution in [0.25, 0.3) is 0 Å². The Morgan fingerprint density at radius 1 is 1.13 bits per heavy atom. The molecule has 2 N–H and O–H groups in total. The van der Waals surface area contributed by atoms with Crippen LogP contribution in [-0.2, 0) is 23.1 Å². The predicted molar refractivity (Wildman–Crippen MR) is 113 cm³/mol. The molecule has 2 aromatic carbocycles. The smallest absolute Gasteiger partial charge is 0.251 e. The van der Waals surface area contributed by atoms with Crippen molar-refractivity contribution in [3.05, 3.63) is 83.4 Å². The van der Waals surface area contributed by atoms with Gasteiger partial charge in [0.25, 0.3) is 5.91 Å². The number of hydrogen-bond donors (Lipinski definition) is 2. The molecule has 1 fully saturated rings. The maximum Gasteiger partial charge on any atom is 0.251 e. The van der Waals surface area contributed by atoms with Crippen LogP contribution < -0.4 is 10.0 Å². The van der Waals surface area contributed by atoms with Gasteiger partial charge < -0.3 is 9.88 Å². The van der Waals surface area contributed by atoms with Gasteiger partial charge in [0.05, 0.1) is 4.90 Å². The van der Waals surface area contributed by atoms with Crippen LogP contribution >= 0.6 is 0 Å². The predicted octanol–water partition coefficient (Wildman–Crippen LogP) is 2.61. The van der Waals surface area contributed by atoms with Gasteiger partial charge in [-0.25, -0.2) is 18.1 Å². The summed E-state index contributed by atoms with van der Waals surface area (Å²) in [6, 6.07) is 14.1. The van der Waals surface area contributed by atoms with Crippen LogP contribution in [0.2, 0.25) is 0 Å². The molecular weight excluding hydrogens is 400 g/mol. The number of benzene rings is 2. The largest absolute Gasteiger partial charge is 0.348 e. The third-order valence-corrected chi connectivity index (χ3v) is 6.54. The lowest BCUT2D eigenvalue weighted by molar-refractivity contribution is 0.0950. The summed E-state index contributed by atoms with van der Waals surface area (Å²) in [5, 5.41) is 2.87. The van der Waals surface area contributed by atoms with Gasteiger partial charge in [0.1, 0.15) is 5.82 Å². The number of nitrogens with one attached hydrogen (secondary N) is 2. The van der Waals surface area contributed by atoms with Crippen LogP contribution in [0, 0.1) is 6.92 Å². The zero-order valence-corrected chi connectivity index (χ0v) is 17.5. The highest BCUT2D eigenvalue weighted by molar-refractivity contribution is 7.89. The van der Waals surface area contributed by atoms with E-state index in [1.165, 1.54) is 12.1 Å². The van der Waals surface area contributed by atoms with Crippen molar-refractivity contribution in [2.24, 2.45) is 0 Å². The fourth-order valence-electron chi connectivity index (χ4n) is 3.18. The number of aromatic nitrogens is 2. The summed E-state index contributed by atoms with van der Waals surface area (Å²) < 4.78 is 29.4. The lowest BCUT2D eigenvalue weighted by Gasteiger charge is -2.10. The van der Waals surface area contributed by atoms with Crippen molar-refractivity contribution in [3.63, 3.8) is 0 Å². The van der Waals surface area contributed by atoms with E-state index in [2.05, 4.69) is 19.6 Å². The topological polar surface area (TPSA) is 93.1 Å². The summed E-state index contributed by atoms with van der Waals surface area (Å²) in [7, 11) is -3.59. The Morgan fingerprint density at radius 2 is 1.90 bits per heavy atom. The molecule has 7 nitrogen and oxygen atoms in total. The molecule has 4 rings (SSSR count). The fourth-order valence-corrected chi connectivity index (χ4v) is 4.53. The van der Waals surface area contributed by atoms with Gasteiger partial charge in [0, 0.05) is 37.1 Å². The summed E-state index contributed by atoms with van der Waals surface area (Å²) in [5.41, 5.74) is 2.40. The minimum Gasteiger partial charge on any atom is -0.348 e. The first-order valence-corrected chi connectivity index (χ1v) is 11.4. The van der Waals surface area contributed by atoms with Gasteiger partial charge in [0.2, 0.25) is 10.0 Å². The molecule has 0 atom stereocenters. The van der Waals surface area contributed by atoms with Crippen LogP contribution in [0.5, 0.6) is 0 Å². The Balaban J connectivity index is 1.41. The number of rotatable bonds is 8. The highest BCUT2D eigenvalue weighted by Crippen LogP contribution is 2.22. The van der Waals surface area contributed by atoms with Gasteiger partial charge in [-0.2, -0.15) is 0 Å². The first kappa shape index (κ1) is 20.3. The number of hydrogen-bond acceptors (Lipinski definition) is 4. The zero-order chi connectivity index (χ0) is 21.1. The van der Waals surface area contributed by atoms with E-state index in [4.69, 9.17) is 0 Å². The summed E-state index contributed by atoms with van der Waals surface area (Å²) in [5.74, 6) is 0.633. The number of carbonyl (C=O) groups excluding carboxylic acids is 1. The molecule has 0 saturated heterocycles. The van der Waals surface area contributed by atoms with Crippen LogP contribution in [0.1, 0.15) is 40.2 Å². The van der Waals surface area contributed by atoms with E-state index in [1.54, 1.807) is 18.3 Å². The van der Waals surface area contributed by atoms with Gasteiger partial charge in [-0.05, 0) is 49.1 Å². The Bertz CT molecular complexity index is 1170. The maximum atomic E-state index is 12.6. The Hall–Kier alpha value is -2.97. The van der Waals surface area contributed by atoms with Crippen LogP contribution in [0.15, 0.2) is 65.8 Å². The van der Waals surface area contributed by atoms with E-state index < -0.39 is 10.0 Å². The van der Waals surface area contributed by atoms with Crippen molar-refractivity contribution in [1.82, 2.24) is 19.6 Å². The number of carbonyl (C=O) groups is 1. The van der Waals surface area contributed by atoms with E-state index >= 15 is 0 Å². The molecule has 1 aliphatic carbocycles. The third-order valence-electron chi connectivity index (χ3n) is 5.03. The number of imidazole rings is 1. The minimum atomic E-state index is -3.59. The molecule has 1 aromatic heterocycles. The Labute approximate surface area is 176 Å². The normalized spacial score (nSPS) is 13.9. The van der Waals surface area contributed by atoms with Gasteiger partial charge >= 0.3 is 0 Å². The molecular formula is C22H24N4O3S. The van der Waals surface area contributed by atoms with Gasteiger partial charge in [-0.1, -0.05) is 30.3 Å². The van der Waals surface area contributed by atoms with Crippen molar-refractivity contribution in [3.8, 4) is 0 Å². The van der Waals surface area contributed by atoms with Gasteiger partial charge in [0.15, 0.2) is 0 Å². The minimum absolute atomic E-state index is 0.0193. The first-order chi connectivity index (χ1) is 14.4. The molecule has 0 unspecified atom stereocenters. The third kappa shape index (κ3) is 4.95. The average molecular weight is 425 g/mol. The van der Waals surface area contributed by atoms with Crippen molar-refractivity contribution < 1.29 is 13.2 Å². The second kappa shape index (κ2) is 8.41. The fraction of sp³-hybridized carbons (Fsp3) is 0.273. The standard InChI is InChI=1S/C22H24N4O3S/c1-16-23-10-11-26(16)15-18-5-2-4-17(12-18)14-24-22(27)19-6-3-7-21(13-19)30(28,29)25-20-8-9-20/h2-7,10-13,20,25H,8-9,14-15H2,1H3,(H,24,27). The van der Waals surface area contributed by atoms with Crippen LogP contribution in [0.4, 0.5) is 0 Å². The van der Waals surface area contributed by atoms with Crippen LogP contribution in [0.3, 0.4) is 0 Å². The van der Waals surface area contributed by atoms with Crippen molar-refractivity contribution in [2.75, 3.05) is 0 Å². The molecule has 3 aromatic rings. The quantitative estimate of drug-likeness (QED) is 0.581.